The van der Waals surface area contributed by atoms with Crippen LogP contribution in [-0.2, 0) is 0 Å². The molecule has 1 aromatic heterocycles. The molecular formula is C13H15N3O2S. The van der Waals surface area contributed by atoms with Gasteiger partial charge in [0, 0.05) is 6.04 Å². The second-order valence-electron chi connectivity index (χ2n) is 4.68. The molecule has 6 heteroatoms. The molecule has 3 N–H and O–H groups in total. The van der Waals surface area contributed by atoms with E-state index in [-0.39, 0.29) is 0 Å². The topological polar surface area (TPSA) is 74.2 Å². The van der Waals surface area contributed by atoms with E-state index in [0.717, 1.165) is 41.3 Å². The SMILES string of the molecule is O=C(O)c1ccc2nc(NC3CCNCC3)sc2c1. The average molecular weight is 277 g/mol. The Balaban J connectivity index is 1.82. The number of carboxylic acids is 1. The summed E-state index contributed by atoms with van der Waals surface area (Å²) < 4.78 is 0.913. The highest BCUT2D eigenvalue weighted by molar-refractivity contribution is 7.22. The van der Waals surface area contributed by atoms with E-state index in [1.165, 1.54) is 11.3 Å². The molecule has 3 rings (SSSR count). The van der Waals surface area contributed by atoms with E-state index in [1.54, 1.807) is 18.2 Å². The lowest BCUT2D eigenvalue weighted by Crippen LogP contribution is -2.35. The van der Waals surface area contributed by atoms with E-state index in [1.807, 2.05) is 0 Å². The molecule has 0 spiro atoms. The molecule has 1 aliphatic heterocycles. The fraction of sp³-hybridized carbons (Fsp3) is 0.385. The van der Waals surface area contributed by atoms with Crippen molar-refractivity contribution in [3.63, 3.8) is 0 Å². The van der Waals surface area contributed by atoms with Crippen molar-refractivity contribution in [2.24, 2.45) is 0 Å². The van der Waals surface area contributed by atoms with Crippen molar-refractivity contribution in [2.75, 3.05) is 18.4 Å². The number of piperidine rings is 1. The maximum absolute atomic E-state index is 10.9. The van der Waals surface area contributed by atoms with Crippen molar-refractivity contribution < 1.29 is 9.90 Å². The number of hydrogen-bond donors (Lipinski definition) is 3. The van der Waals surface area contributed by atoms with Crippen LogP contribution in [0.3, 0.4) is 0 Å². The first-order chi connectivity index (χ1) is 9.22. The van der Waals surface area contributed by atoms with Gasteiger partial charge < -0.3 is 15.7 Å². The molecule has 0 unspecified atom stereocenters. The predicted molar refractivity (Wildman–Crippen MR) is 76.1 cm³/mol. The zero-order valence-corrected chi connectivity index (χ0v) is 11.2. The van der Waals surface area contributed by atoms with Crippen LogP contribution in [0.2, 0.25) is 0 Å². The van der Waals surface area contributed by atoms with Gasteiger partial charge in [-0.15, -0.1) is 0 Å². The van der Waals surface area contributed by atoms with Gasteiger partial charge in [0.2, 0.25) is 0 Å². The van der Waals surface area contributed by atoms with Crippen molar-refractivity contribution in [3.8, 4) is 0 Å². The quantitative estimate of drug-likeness (QED) is 0.801. The minimum atomic E-state index is -0.900. The van der Waals surface area contributed by atoms with Gasteiger partial charge in [0.1, 0.15) is 0 Å². The van der Waals surface area contributed by atoms with Crippen LogP contribution in [0.5, 0.6) is 0 Å². The normalized spacial score (nSPS) is 16.6. The summed E-state index contributed by atoms with van der Waals surface area (Å²) in [5.74, 6) is -0.900. The third kappa shape index (κ3) is 2.69. The van der Waals surface area contributed by atoms with Gasteiger partial charge >= 0.3 is 5.97 Å². The van der Waals surface area contributed by atoms with Crippen LogP contribution in [0.15, 0.2) is 18.2 Å². The minimum Gasteiger partial charge on any atom is -0.478 e. The highest BCUT2D eigenvalue weighted by Crippen LogP contribution is 2.28. The van der Waals surface area contributed by atoms with Crippen molar-refractivity contribution >= 4 is 32.7 Å². The van der Waals surface area contributed by atoms with Crippen LogP contribution in [0.4, 0.5) is 5.13 Å². The number of aromatic nitrogens is 1. The van der Waals surface area contributed by atoms with E-state index in [2.05, 4.69) is 15.6 Å². The number of hydrogen-bond acceptors (Lipinski definition) is 5. The fourth-order valence-electron chi connectivity index (χ4n) is 2.26. The summed E-state index contributed by atoms with van der Waals surface area (Å²) in [7, 11) is 0. The Kier molecular flexibility index (Phi) is 3.35. The average Bonchev–Trinajstić information content (AvgIpc) is 2.80. The molecule has 1 saturated heterocycles. The molecular weight excluding hydrogens is 262 g/mol. The van der Waals surface area contributed by atoms with E-state index >= 15 is 0 Å². The Labute approximate surface area is 114 Å². The molecule has 5 nitrogen and oxygen atoms in total. The van der Waals surface area contributed by atoms with Crippen LogP contribution < -0.4 is 10.6 Å². The Morgan fingerprint density at radius 2 is 2.21 bits per heavy atom. The molecule has 2 aromatic rings. The molecule has 19 heavy (non-hydrogen) atoms. The van der Waals surface area contributed by atoms with E-state index in [4.69, 9.17) is 5.11 Å². The van der Waals surface area contributed by atoms with Crippen LogP contribution in [0.25, 0.3) is 10.2 Å². The van der Waals surface area contributed by atoms with Crippen molar-refractivity contribution in [1.29, 1.82) is 0 Å². The molecule has 1 fully saturated rings. The Morgan fingerprint density at radius 1 is 1.42 bits per heavy atom. The first-order valence-corrected chi connectivity index (χ1v) is 7.15. The van der Waals surface area contributed by atoms with Gasteiger partial charge in [-0.2, -0.15) is 0 Å². The first-order valence-electron chi connectivity index (χ1n) is 6.33. The van der Waals surface area contributed by atoms with Crippen molar-refractivity contribution in [1.82, 2.24) is 10.3 Å². The molecule has 100 valence electrons. The number of nitrogens with zero attached hydrogens (tertiary/aromatic N) is 1. The molecule has 0 atom stereocenters. The summed E-state index contributed by atoms with van der Waals surface area (Å²) in [5.41, 5.74) is 1.16. The number of aromatic carboxylic acids is 1. The maximum Gasteiger partial charge on any atom is 0.335 e. The lowest BCUT2D eigenvalue weighted by molar-refractivity contribution is 0.0697. The molecule has 1 aliphatic rings. The molecule has 0 aliphatic carbocycles. The number of rotatable bonds is 3. The van der Waals surface area contributed by atoms with Crippen LogP contribution >= 0.6 is 11.3 Å². The predicted octanol–water partition coefficient (Wildman–Crippen LogP) is 2.16. The lowest BCUT2D eigenvalue weighted by atomic mass is 10.1. The van der Waals surface area contributed by atoms with Crippen molar-refractivity contribution in [2.45, 2.75) is 18.9 Å². The number of fused-ring (bicyclic) bond motifs is 1. The zero-order chi connectivity index (χ0) is 13.2. The second kappa shape index (κ2) is 5.14. The Bertz CT molecular complexity index is 605. The van der Waals surface area contributed by atoms with E-state index in [0.29, 0.717) is 11.6 Å². The summed E-state index contributed by atoms with van der Waals surface area (Å²) in [6.45, 7) is 2.07. The van der Waals surface area contributed by atoms with Gasteiger partial charge in [0.25, 0.3) is 0 Å². The first kappa shape index (κ1) is 12.4. The van der Waals surface area contributed by atoms with E-state index < -0.39 is 5.97 Å². The summed E-state index contributed by atoms with van der Waals surface area (Å²) in [5, 5.41) is 16.6. The second-order valence-corrected chi connectivity index (χ2v) is 5.71. The van der Waals surface area contributed by atoms with Crippen molar-refractivity contribution in [3.05, 3.63) is 23.8 Å². The third-order valence-corrected chi connectivity index (χ3v) is 4.25. The largest absolute Gasteiger partial charge is 0.478 e. The maximum atomic E-state index is 10.9. The number of anilines is 1. The smallest absolute Gasteiger partial charge is 0.335 e. The molecule has 2 heterocycles. The highest BCUT2D eigenvalue weighted by atomic mass is 32.1. The summed E-state index contributed by atoms with van der Waals surface area (Å²) in [6.07, 6.45) is 2.19. The third-order valence-electron chi connectivity index (χ3n) is 3.30. The molecule has 0 radical (unpaired) electrons. The number of thiazole rings is 1. The lowest BCUT2D eigenvalue weighted by Gasteiger charge is -2.23. The number of nitrogens with one attached hydrogen (secondary N) is 2. The molecule has 0 amide bonds. The van der Waals surface area contributed by atoms with E-state index in [9.17, 15) is 4.79 Å². The van der Waals surface area contributed by atoms with Gasteiger partial charge in [0.15, 0.2) is 5.13 Å². The zero-order valence-electron chi connectivity index (χ0n) is 10.3. The highest BCUT2D eigenvalue weighted by Gasteiger charge is 2.15. The standard InChI is InChI=1S/C13H15N3O2S/c17-12(18)8-1-2-10-11(7-8)19-13(16-10)15-9-3-5-14-6-4-9/h1-2,7,9,14H,3-6H2,(H,15,16)(H,17,18). The summed E-state index contributed by atoms with van der Waals surface area (Å²) in [4.78, 5) is 15.4. The molecule has 0 bridgehead atoms. The number of carboxylic acid groups (broad SMARTS) is 1. The van der Waals surface area contributed by atoms with Gasteiger partial charge in [-0.1, -0.05) is 11.3 Å². The Hall–Kier alpha value is -1.66. The van der Waals surface area contributed by atoms with Crippen LogP contribution in [0.1, 0.15) is 23.2 Å². The van der Waals surface area contributed by atoms with Gasteiger partial charge in [-0.25, -0.2) is 9.78 Å². The minimum absolute atomic E-state index is 0.310. The van der Waals surface area contributed by atoms with Gasteiger partial charge in [-0.3, -0.25) is 0 Å². The van der Waals surface area contributed by atoms with Crippen LogP contribution in [0, 0.1) is 0 Å². The fourth-order valence-corrected chi connectivity index (χ4v) is 3.24. The molecule has 1 aromatic carbocycles. The van der Waals surface area contributed by atoms with Gasteiger partial charge in [-0.05, 0) is 44.1 Å². The molecule has 0 saturated carbocycles. The monoisotopic (exact) mass is 277 g/mol. The summed E-state index contributed by atoms with van der Waals surface area (Å²) >= 11 is 1.52. The Morgan fingerprint density at radius 3 is 2.95 bits per heavy atom. The summed E-state index contributed by atoms with van der Waals surface area (Å²) in [6, 6.07) is 5.51. The number of carbonyl (C=O) groups is 1. The van der Waals surface area contributed by atoms with Gasteiger partial charge in [0.05, 0.1) is 15.8 Å². The number of benzene rings is 1. The van der Waals surface area contributed by atoms with Crippen LogP contribution in [-0.4, -0.2) is 35.2 Å².